The van der Waals surface area contributed by atoms with E-state index in [0.717, 1.165) is 12.0 Å². The van der Waals surface area contributed by atoms with Gasteiger partial charge >= 0.3 is 0 Å². The first kappa shape index (κ1) is 17.3. The number of carbonyl (C=O) groups is 1. The van der Waals surface area contributed by atoms with Gasteiger partial charge in [0.15, 0.2) is 6.10 Å². The molecule has 0 radical (unpaired) electrons. The highest BCUT2D eigenvalue weighted by atomic mass is 19.3. The fourth-order valence-electron chi connectivity index (χ4n) is 2.38. The molecule has 23 heavy (non-hydrogen) atoms. The maximum Gasteiger partial charge on any atom is 0.287 e. The number of ether oxygens (including phenoxy) is 1. The maximum atomic E-state index is 13.1. The van der Waals surface area contributed by atoms with Gasteiger partial charge < -0.3 is 9.84 Å². The van der Waals surface area contributed by atoms with Crippen LogP contribution in [0.1, 0.15) is 32.8 Å². The van der Waals surface area contributed by atoms with Crippen LogP contribution in [0.2, 0.25) is 0 Å². The summed E-state index contributed by atoms with van der Waals surface area (Å²) in [5.74, 6) is -0.368. The molecule has 0 spiro atoms. The Kier molecular flexibility index (Phi) is 4.99. The summed E-state index contributed by atoms with van der Waals surface area (Å²) in [7, 11) is 0. The minimum absolute atomic E-state index is 0.264. The number of aliphatic hydroxyl groups is 1. The lowest BCUT2D eigenvalue weighted by molar-refractivity contribution is -0.196. The molecule has 1 aliphatic heterocycles. The van der Waals surface area contributed by atoms with Crippen LogP contribution in [0.3, 0.4) is 0 Å². The third kappa shape index (κ3) is 3.50. The van der Waals surface area contributed by atoms with Crippen molar-refractivity contribution in [3.8, 4) is 5.75 Å². The van der Waals surface area contributed by atoms with Crippen molar-refractivity contribution >= 4 is 11.6 Å². The first-order chi connectivity index (χ1) is 10.8. The molecule has 0 bridgehead atoms. The summed E-state index contributed by atoms with van der Waals surface area (Å²) >= 11 is 0. The molecule has 1 aromatic rings. The van der Waals surface area contributed by atoms with Crippen LogP contribution < -0.4 is 4.74 Å². The van der Waals surface area contributed by atoms with Gasteiger partial charge in [-0.1, -0.05) is 19.1 Å². The normalized spacial score (nSPS) is 22.2. The lowest BCUT2D eigenvalue weighted by atomic mass is 10.1. The first-order valence-electron chi connectivity index (χ1n) is 7.42. The smallest absolute Gasteiger partial charge is 0.287 e. The van der Waals surface area contributed by atoms with E-state index >= 15 is 0 Å². The van der Waals surface area contributed by atoms with Gasteiger partial charge in [-0.05, 0) is 38.0 Å². The molecule has 126 valence electrons. The third-order valence-corrected chi connectivity index (χ3v) is 3.70. The Morgan fingerprint density at radius 3 is 2.57 bits per heavy atom. The van der Waals surface area contributed by atoms with E-state index in [1.54, 1.807) is 12.1 Å². The zero-order valence-corrected chi connectivity index (χ0v) is 13.3. The van der Waals surface area contributed by atoms with Gasteiger partial charge in [0.05, 0.1) is 0 Å². The van der Waals surface area contributed by atoms with Crippen LogP contribution in [0.25, 0.3) is 0 Å². The molecule has 0 saturated carbocycles. The summed E-state index contributed by atoms with van der Waals surface area (Å²) in [5, 5.41) is 14.2. The largest absolute Gasteiger partial charge is 0.481 e. The highest BCUT2D eigenvalue weighted by molar-refractivity contribution is 5.90. The van der Waals surface area contributed by atoms with Gasteiger partial charge in [-0.25, -0.2) is 8.78 Å². The number of alkyl halides is 2. The molecular formula is C16H20F2N2O3. The molecule has 7 heteroatoms. The van der Waals surface area contributed by atoms with Gasteiger partial charge in [0.1, 0.15) is 5.75 Å². The fraction of sp³-hybridized carbons (Fsp3) is 0.500. The highest BCUT2D eigenvalue weighted by Crippen LogP contribution is 2.32. The second-order valence-electron chi connectivity index (χ2n) is 5.60. The van der Waals surface area contributed by atoms with Crippen molar-refractivity contribution in [2.75, 3.05) is 0 Å². The van der Waals surface area contributed by atoms with Gasteiger partial charge in [0.2, 0.25) is 5.72 Å². The van der Waals surface area contributed by atoms with Crippen molar-refractivity contribution in [2.24, 2.45) is 5.10 Å². The second kappa shape index (κ2) is 6.62. The number of carbonyl (C=O) groups excluding carboxylic acids is 1. The number of hydrazone groups is 1. The van der Waals surface area contributed by atoms with E-state index in [1.807, 2.05) is 19.1 Å². The van der Waals surface area contributed by atoms with E-state index < -0.39 is 24.2 Å². The Labute approximate surface area is 133 Å². The monoisotopic (exact) mass is 326 g/mol. The molecule has 2 atom stereocenters. The Balaban J connectivity index is 2.11. The van der Waals surface area contributed by atoms with Crippen molar-refractivity contribution in [3.63, 3.8) is 0 Å². The second-order valence-corrected chi connectivity index (χ2v) is 5.60. The number of halogens is 2. The predicted molar refractivity (Wildman–Crippen MR) is 81.4 cm³/mol. The van der Waals surface area contributed by atoms with E-state index in [0.29, 0.717) is 10.8 Å². The third-order valence-electron chi connectivity index (χ3n) is 3.70. The van der Waals surface area contributed by atoms with E-state index in [-0.39, 0.29) is 12.1 Å². The molecule has 5 nitrogen and oxygen atoms in total. The number of hydrogen-bond acceptors (Lipinski definition) is 4. The number of rotatable bonds is 5. The molecule has 1 N–H and O–H groups in total. The number of nitrogens with zero attached hydrogens (tertiary/aromatic N) is 2. The van der Waals surface area contributed by atoms with E-state index in [1.165, 1.54) is 13.8 Å². The summed E-state index contributed by atoms with van der Waals surface area (Å²) in [6, 6.07) is 7.14. The van der Waals surface area contributed by atoms with Crippen molar-refractivity contribution in [1.82, 2.24) is 5.01 Å². The van der Waals surface area contributed by atoms with Crippen LogP contribution in [0.4, 0.5) is 8.78 Å². The zero-order chi connectivity index (χ0) is 17.2. The van der Waals surface area contributed by atoms with Gasteiger partial charge in [0.25, 0.3) is 12.3 Å². The first-order valence-corrected chi connectivity index (χ1v) is 7.42. The summed E-state index contributed by atoms with van der Waals surface area (Å²) in [5.41, 5.74) is -1.23. The molecule has 2 rings (SSSR count). The fourth-order valence-corrected chi connectivity index (χ4v) is 2.38. The quantitative estimate of drug-likeness (QED) is 0.904. The summed E-state index contributed by atoms with van der Waals surface area (Å²) in [4.78, 5) is 12.3. The summed E-state index contributed by atoms with van der Waals surface area (Å²) in [6.07, 6.45) is -3.68. The Bertz CT molecular complexity index is 604. The molecule has 1 aromatic carbocycles. The number of amides is 1. The van der Waals surface area contributed by atoms with Crippen LogP contribution in [0, 0.1) is 0 Å². The number of benzene rings is 1. The topological polar surface area (TPSA) is 62.1 Å². The molecule has 0 unspecified atom stereocenters. The lowest BCUT2D eigenvalue weighted by Gasteiger charge is -2.31. The van der Waals surface area contributed by atoms with Gasteiger partial charge in [-0.2, -0.15) is 10.1 Å². The zero-order valence-electron chi connectivity index (χ0n) is 13.3. The van der Waals surface area contributed by atoms with E-state index in [2.05, 4.69) is 5.10 Å². The molecular weight excluding hydrogens is 306 g/mol. The Hall–Kier alpha value is -2.02. The molecule has 1 amide bonds. The molecule has 1 heterocycles. The number of hydrogen-bond donors (Lipinski definition) is 1. The van der Waals surface area contributed by atoms with Gasteiger partial charge in [-0.15, -0.1) is 0 Å². The minimum atomic E-state index is -3.12. The van der Waals surface area contributed by atoms with Crippen molar-refractivity contribution in [2.45, 2.75) is 51.9 Å². The SMILES string of the molecule is CCc1ccc(O[C@@H](C)C(=O)N2N=C(C)C[C@@]2(O)C(F)F)cc1. The van der Waals surface area contributed by atoms with Crippen LogP contribution in [-0.2, 0) is 11.2 Å². The maximum absolute atomic E-state index is 13.1. The average Bonchev–Trinajstić information content (AvgIpc) is 2.83. The molecule has 0 saturated heterocycles. The molecule has 0 fully saturated rings. The summed E-state index contributed by atoms with van der Waals surface area (Å²) < 4.78 is 31.7. The van der Waals surface area contributed by atoms with Gasteiger partial charge in [-0.3, -0.25) is 4.79 Å². The number of aryl methyl sites for hydroxylation is 1. The van der Waals surface area contributed by atoms with Crippen molar-refractivity contribution in [1.29, 1.82) is 0 Å². The van der Waals surface area contributed by atoms with Crippen molar-refractivity contribution < 1.29 is 23.4 Å². The van der Waals surface area contributed by atoms with Crippen molar-refractivity contribution in [3.05, 3.63) is 29.8 Å². The van der Waals surface area contributed by atoms with E-state index in [4.69, 9.17) is 4.74 Å². The molecule has 1 aliphatic rings. The summed E-state index contributed by atoms with van der Waals surface area (Å²) in [6.45, 7) is 4.93. The van der Waals surface area contributed by atoms with Crippen LogP contribution in [0.15, 0.2) is 29.4 Å². The van der Waals surface area contributed by atoms with Crippen LogP contribution in [-0.4, -0.2) is 40.0 Å². The lowest BCUT2D eigenvalue weighted by Crippen LogP contribution is -2.54. The van der Waals surface area contributed by atoms with Crippen LogP contribution >= 0.6 is 0 Å². The Morgan fingerprint density at radius 1 is 1.43 bits per heavy atom. The Morgan fingerprint density at radius 2 is 2.04 bits per heavy atom. The van der Waals surface area contributed by atoms with Gasteiger partial charge in [0, 0.05) is 12.1 Å². The predicted octanol–water partition coefficient (Wildman–Crippen LogP) is 2.58. The molecule has 0 aromatic heterocycles. The molecule has 0 aliphatic carbocycles. The average molecular weight is 326 g/mol. The van der Waals surface area contributed by atoms with Crippen LogP contribution in [0.5, 0.6) is 5.75 Å². The highest BCUT2D eigenvalue weighted by Gasteiger charge is 2.51. The van der Waals surface area contributed by atoms with E-state index in [9.17, 15) is 18.7 Å². The minimum Gasteiger partial charge on any atom is -0.481 e. The standard InChI is InChI=1S/C16H20F2N2O3/c1-4-12-5-7-13(8-6-12)23-11(3)14(21)20-16(22,15(17)18)9-10(2)19-20/h5-8,11,15,22H,4,9H2,1-3H3/t11-,16+/m0/s1.